The molecule has 2 aromatic carbocycles. The molecule has 8 nitrogen and oxygen atoms in total. The third kappa shape index (κ3) is 5.90. The van der Waals surface area contributed by atoms with Crippen LogP contribution < -0.4 is 20.3 Å². The van der Waals surface area contributed by atoms with Crippen LogP contribution >= 0.6 is 0 Å². The molecule has 0 bridgehead atoms. The molecule has 33 heavy (non-hydrogen) atoms. The normalized spacial score (nSPS) is 20.0. The molecule has 8 heteroatoms. The molecule has 2 N–H and O–H groups in total. The molecule has 0 radical (unpaired) electrons. The Morgan fingerprint density at radius 2 is 1.94 bits per heavy atom. The van der Waals surface area contributed by atoms with Gasteiger partial charge >= 0.3 is 0 Å². The third-order valence-electron chi connectivity index (χ3n) is 5.96. The fourth-order valence-electron chi connectivity index (χ4n) is 4.07. The fourth-order valence-corrected chi connectivity index (χ4v) is 4.07. The molecular weight excluding hydrogens is 422 g/mol. The van der Waals surface area contributed by atoms with E-state index in [1.54, 1.807) is 29.2 Å². The quantitative estimate of drug-likeness (QED) is 0.643. The summed E-state index contributed by atoms with van der Waals surface area (Å²) in [5.41, 5.74) is 2.43. The van der Waals surface area contributed by atoms with Gasteiger partial charge in [0.05, 0.1) is 12.0 Å². The summed E-state index contributed by atoms with van der Waals surface area (Å²) in [6.07, 6.45) is 2.24. The first kappa shape index (κ1) is 22.8. The maximum atomic E-state index is 12.5. The molecule has 3 amide bonds. The SMILES string of the molecule is Cc1ccccc1NC(=O)COc1ccc(N2C[C@H](C(=O)NC[C@@H]3CCCO3)CC2=O)cc1. The number of benzene rings is 2. The molecule has 2 fully saturated rings. The second kappa shape index (κ2) is 10.5. The van der Waals surface area contributed by atoms with Gasteiger partial charge < -0.3 is 25.0 Å². The standard InChI is InChI=1S/C25H29N3O5/c1-17-5-2-3-7-22(17)27-23(29)16-33-20-10-8-19(9-11-20)28-15-18(13-24(28)30)25(31)26-14-21-6-4-12-32-21/h2-3,5,7-11,18,21H,4,6,12-16H2,1H3,(H,26,31)(H,27,29)/t18-,21+/m1/s1. The lowest BCUT2D eigenvalue weighted by molar-refractivity contribution is -0.126. The van der Waals surface area contributed by atoms with E-state index >= 15 is 0 Å². The van der Waals surface area contributed by atoms with Gasteiger partial charge in [0, 0.05) is 37.5 Å². The number of ether oxygens (including phenoxy) is 2. The van der Waals surface area contributed by atoms with Crippen LogP contribution in [-0.4, -0.2) is 50.1 Å². The summed E-state index contributed by atoms with van der Waals surface area (Å²) in [7, 11) is 0. The lowest BCUT2D eigenvalue weighted by atomic mass is 10.1. The topological polar surface area (TPSA) is 97.0 Å². The summed E-state index contributed by atoms with van der Waals surface area (Å²) in [6, 6.07) is 14.5. The Kier molecular flexibility index (Phi) is 7.24. The number of rotatable bonds is 8. The second-order valence-electron chi connectivity index (χ2n) is 8.43. The van der Waals surface area contributed by atoms with Gasteiger partial charge in [-0.1, -0.05) is 18.2 Å². The van der Waals surface area contributed by atoms with Gasteiger partial charge in [0.25, 0.3) is 5.91 Å². The number of hydrogen-bond acceptors (Lipinski definition) is 5. The number of amides is 3. The van der Waals surface area contributed by atoms with E-state index in [0.717, 1.165) is 30.7 Å². The highest BCUT2D eigenvalue weighted by molar-refractivity contribution is 6.00. The number of para-hydroxylation sites is 1. The smallest absolute Gasteiger partial charge is 0.262 e. The minimum absolute atomic E-state index is 0.0773. The van der Waals surface area contributed by atoms with Crippen LogP contribution in [0, 0.1) is 12.8 Å². The summed E-state index contributed by atoms with van der Waals surface area (Å²) in [6.45, 7) is 3.38. The Labute approximate surface area is 193 Å². The van der Waals surface area contributed by atoms with E-state index in [-0.39, 0.29) is 42.8 Å². The molecule has 4 rings (SSSR count). The van der Waals surface area contributed by atoms with Crippen LogP contribution in [0.25, 0.3) is 0 Å². The lowest BCUT2D eigenvalue weighted by Crippen LogP contribution is -2.37. The zero-order valence-electron chi connectivity index (χ0n) is 18.7. The number of carbonyl (C=O) groups is 3. The van der Waals surface area contributed by atoms with Gasteiger partial charge in [-0.3, -0.25) is 14.4 Å². The molecule has 0 spiro atoms. The van der Waals surface area contributed by atoms with Crippen LogP contribution in [-0.2, 0) is 19.1 Å². The number of nitrogens with zero attached hydrogens (tertiary/aromatic N) is 1. The molecule has 0 aromatic heterocycles. The average Bonchev–Trinajstić information content (AvgIpc) is 3.48. The number of carbonyl (C=O) groups excluding carboxylic acids is 3. The Morgan fingerprint density at radius 1 is 1.15 bits per heavy atom. The molecule has 2 saturated heterocycles. The minimum Gasteiger partial charge on any atom is -0.484 e. The highest BCUT2D eigenvalue weighted by atomic mass is 16.5. The lowest BCUT2D eigenvalue weighted by Gasteiger charge is -2.18. The molecular formula is C25H29N3O5. The summed E-state index contributed by atoms with van der Waals surface area (Å²) >= 11 is 0. The first-order valence-corrected chi connectivity index (χ1v) is 11.3. The maximum Gasteiger partial charge on any atom is 0.262 e. The number of anilines is 2. The van der Waals surface area contributed by atoms with Crippen molar-refractivity contribution in [2.45, 2.75) is 32.3 Å². The van der Waals surface area contributed by atoms with Gasteiger partial charge in [-0.15, -0.1) is 0 Å². The predicted octanol–water partition coefficient (Wildman–Crippen LogP) is 2.66. The van der Waals surface area contributed by atoms with Gasteiger partial charge in [-0.05, 0) is 55.7 Å². The summed E-state index contributed by atoms with van der Waals surface area (Å²) < 4.78 is 11.1. The maximum absolute atomic E-state index is 12.5. The van der Waals surface area contributed by atoms with Crippen LogP contribution in [0.5, 0.6) is 5.75 Å². The predicted molar refractivity (Wildman–Crippen MR) is 124 cm³/mol. The van der Waals surface area contributed by atoms with Crippen molar-refractivity contribution in [2.75, 3.05) is 36.5 Å². The van der Waals surface area contributed by atoms with Gasteiger partial charge in [0.15, 0.2) is 6.61 Å². The van der Waals surface area contributed by atoms with Crippen LogP contribution in [0.1, 0.15) is 24.8 Å². The van der Waals surface area contributed by atoms with Crippen molar-refractivity contribution in [1.82, 2.24) is 5.32 Å². The van der Waals surface area contributed by atoms with Crippen LogP contribution in [0.4, 0.5) is 11.4 Å². The molecule has 0 saturated carbocycles. The van der Waals surface area contributed by atoms with E-state index < -0.39 is 0 Å². The summed E-state index contributed by atoms with van der Waals surface area (Å²) in [4.78, 5) is 38.7. The molecule has 2 heterocycles. The molecule has 0 aliphatic carbocycles. The Balaban J connectivity index is 1.26. The van der Waals surface area contributed by atoms with Crippen LogP contribution in [0.15, 0.2) is 48.5 Å². The number of aryl methyl sites for hydroxylation is 1. The van der Waals surface area contributed by atoms with Gasteiger partial charge in [0.2, 0.25) is 11.8 Å². The van der Waals surface area contributed by atoms with E-state index in [2.05, 4.69) is 10.6 Å². The first-order valence-electron chi connectivity index (χ1n) is 11.3. The van der Waals surface area contributed by atoms with Crippen LogP contribution in [0.3, 0.4) is 0 Å². The minimum atomic E-state index is -0.375. The third-order valence-corrected chi connectivity index (χ3v) is 5.96. The Morgan fingerprint density at radius 3 is 2.67 bits per heavy atom. The van der Waals surface area contributed by atoms with E-state index in [1.165, 1.54) is 0 Å². The number of nitrogens with one attached hydrogen (secondary N) is 2. The van der Waals surface area contributed by atoms with Crippen molar-refractivity contribution in [3.05, 3.63) is 54.1 Å². The highest BCUT2D eigenvalue weighted by Crippen LogP contribution is 2.27. The van der Waals surface area contributed by atoms with Crippen molar-refractivity contribution in [1.29, 1.82) is 0 Å². The molecule has 2 aliphatic heterocycles. The molecule has 2 aromatic rings. The van der Waals surface area contributed by atoms with E-state index in [1.807, 2.05) is 31.2 Å². The molecule has 174 valence electrons. The molecule has 2 atom stereocenters. The fraction of sp³-hybridized carbons (Fsp3) is 0.400. The largest absolute Gasteiger partial charge is 0.484 e. The van der Waals surface area contributed by atoms with Crippen molar-refractivity contribution in [3.8, 4) is 5.75 Å². The molecule has 0 unspecified atom stereocenters. The van der Waals surface area contributed by atoms with Crippen molar-refractivity contribution in [3.63, 3.8) is 0 Å². The summed E-state index contributed by atoms with van der Waals surface area (Å²) in [5.74, 6) is -0.296. The van der Waals surface area contributed by atoms with Crippen molar-refractivity contribution >= 4 is 29.1 Å². The monoisotopic (exact) mass is 451 g/mol. The van der Waals surface area contributed by atoms with Crippen molar-refractivity contribution < 1.29 is 23.9 Å². The summed E-state index contributed by atoms with van der Waals surface area (Å²) in [5, 5.41) is 5.74. The second-order valence-corrected chi connectivity index (χ2v) is 8.43. The van der Waals surface area contributed by atoms with Gasteiger partial charge in [-0.25, -0.2) is 0 Å². The van der Waals surface area contributed by atoms with Gasteiger partial charge in [0.1, 0.15) is 5.75 Å². The van der Waals surface area contributed by atoms with Crippen molar-refractivity contribution in [2.24, 2.45) is 5.92 Å². The number of hydrogen-bond donors (Lipinski definition) is 2. The van der Waals surface area contributed by atoms with E-state index in [4.69, 9.17) is 9.47 Å². The van der Waals surface area contributed by atoms with E-state index in [0.29, 0.717) is 24.5 Å². The van der Waals surface area contributed by atoms with Gasteiger partial charge in [-0.2, -0.15) is 0 Å². The molecule has 2 aliphatic rings. The Hall–Kier alpha value is -3.39. The van der Waals surface area contributed by atoms with E-state index in [9.17, 15) is 14.4 Å². The van der Waals surface area contributed by atoms with Crippen LogP contribution in [0.2, 0.25) is 0 Å². The average molecular weight is 452 g/mol. The zero-order chi connectivity index (χ0) is 23.2. The Bertz CT molecular complexity index is 1000. The first-order chi connectivity index (χ1) is 16.0. The zero-order valence-corrected chi connectivity index (χ0v) is 18.7. The highest BCUT2D eigenvalue weighted by Gasteiger charge is 2.35.